The second kappa shape index (κ2) is 4.76. The number of amides is 2. The van der Waals surface area contributed by atoms with Crippen LogP contribution in [0.25, 0.3) is 0 Å². The largest absolute Gasteiger partial charge is 0.341 e. The number of hydrogen-bond donors (Lipinski definition) is 1. The van der Waals surface area contributed by atoms with Crippen LogP contribution in [0.4, 0.5) is 0 Å². The van der Waals surface area contributed by atoms with Gasteiger partial charge in [-0.3, -0.25) is 14.6 Å². The van der Waals surface area contributed by atoms with E-state index >= 15 is 0 Å². The third-order valence-corrected chi connectivity index (χ3v) is 3.00. The van der Waals surface area contributed by atoms with Gasteiger partial charge < -0.3 is 10.2 Å². The molecule has 0 spiro atoms. The number of aromatic nitrogens is 1. The highest BCUT2D eigenvalue weighted by Gasteiger charge is 2.38. The predicted molar refractivity (Wildman–Crippen MR) is 66.7 cm³/mol. The molecule has 18 heavy (non-hydrogen) atoms. The zero-order chi connectivity index (χ0) is 13.2. The first kappa shape index (κ1) is 12.5. The lowest BCUT2D eigenvalue weighted by Gasteiger charge is -2.37. The molecule has 5 heteroatoms. The normalized spacial score (nSPS) is 18.7. The topological polar surface area (TPSA) is 62.3 Å². The van der Waals surface area contributed by atoms with Crippen LogP contribution in [-0.4, -0.2) is 40.3 Å². The second-order valence-electron chi connectivity index (χ2n) is 5.01. The van der Waals surface area contributed by atoms with E-state index in [0.29, 0.717) is 13.0 Å². The van der Waals surface area contributed by atoms with Gasteiger partial charge in [-0.2, -0.15) is 0 Å². The zero-order valence-corrected chi connectivity index (χ0v) is 10.6. The van der Waals surface area contributed by atoms with Gasteiger partial charge in [0.1, 0.15) is 5.54 Å². The van der Waals surface area contributed by atoms with Crippen LogP contribution in [0, 0.1) is 0 Å². The Bertz CT molecular complexity index is 457. The highest BCUT2D eigenvalue weighted by molar-refractivity contribution is 5.97. The minimum atomic E-state index is -0.801. The summed E-state index contributed by atoms with van der Waals surface area (Å²) in [5.41, 5.74) is 0.263. The van der Waals surface area contributed by atoms with E-state index in [-0.39, 0.29) is 18.4 Å². The number of carbonyl (C=O) groups excluding carboxylic acids is 2. The first-order chi connectivity index (χ1) is 8.49. The molecule has 0 bridgehead atoms. The molecule has 0 aliphatic carbocycles. The maximum absolute atomic E-state index is 12.1. The molecule has 0 unspecified atom stereocenters. The van der Waals surface area contributed by atoms with E-state index in [1.807, 2.05) is 12.1 Å². The maximum Gasteiger partial charge on any atom is 0.248 e. The van der Waals surface area contributed by atoms with Crippen molar-refractivity contribution in [3.63, 3.8) is 0 Å². The minimum absolute atomic E-state index is 0.0361. The summed E-state index contributed by atoms with van der Waals surface area (Å²) in [6, 6.07) is 3.83. The first-order valence-corrected chi connectivity index (χ1v) is 5.98. The summed E-state index contributed by atoms with van der Waals surface area (Å²) >= 11 is 0. The number of nitrogens with one attached hydrogen (secondary N) is 1. The van der Waals surface area contributed by atoms with E-state index < -0.39 is 5.54 Å². The van der Waals surface area contributed by atoms with Gasteiger partial charge in [0.2, 0.25) is 11.8 Å². The van der Waals surface area contributed by atoms with Gasteiger partial charge in [0.15, 0.2) is 0 Å². The Morgan fingerprint density at radius 3 is 2.89 bits per heavy atom. The van der Waals surface area contributed by atoms with Gasteiger partial charge in [0.05, 0.1) is 6.54 Å². The van der Waals surface area contributed by atoms with E-state index in [2.05, 4.69) is 10.3 Å². The molecule has 96 valence electrons. The van der Waals surface area contributed by atoms with Gasteiger partial charge in [0.25, 0.3) is 0 Å². The van der Waals surface area contributed by atoms with Crippen LogP contribution in [0.5, 0.6) is 0 Å². The van der Waals surface area contributed by atoms with Crippen molar-refractivity contribution in [2.24, 2.45) is 0 Å². The summed E-state index contributed by atoms with van der Waals surface area (Å²) in [5.74, 6) is -0.142. The summed E-state index contributed by atoms with van der Waals surface area (Å²) in [7, 11) is 0. The molecule has 1 aromatic heterocycles. The van der Waals surface area contributed by atoms with Gasteiger partial charge in [-0.15, -0.1) is 0 Å². The SMILES string of the molecule is CC1(C)NC(=O)CN(CCc2cccnc2)C1=O. The van der Waals surface area contributed by atoms with Gasteiger partial charge in [0, 0.05) is 18.9 Å². The van der Waals surface area contributed by atoms with Crippen molar-refractivity contribution in [1.82, 2.24) is 15.2 Å². The summed E-state index contributed by atoms with van der Waals surface area (Å²) in [5, 5.41) is 2.69. The zero-order valence-electron chi connectivity index (χ0n) is 10.6. The molecule has 1 fully saturated rings. The van der Waals surface area contributed by atoms with E-state index in [9.17, 15) is 9.59 Å². The molecule has 0 atom stereocenters. The first-order valence-electron chi connectivity index (χ1n) is 5.98. The molecule has 2 amide bonds. The smallest absolute Gasteiger partial charge is 0.248 e. The summed E-state index contributed by atoms with van der Waals surface area (Å²) in [6.07, 6.45) is 4.20. The van der Waals surface area contributed by atoms with E-state index in [0.717, 1.165) is 5.56 Å². The third kappa shape index (κ3) is 2.67. The van der Waals surface area contributed by atoms with Gasteiger partial charge in [-0.25, -0.2) is 0 Å². The van der Waals surface area contributed by atoms with E-state index in [1.165, 1.54) is 0 Å². The molecule has 0 saturated carbocycles. The third-order valence-electron chi connectivity index (χ3n) is 3.00. The number of pyridine rings is 1. The summed E-state index contributed by atoms with van der Waals surface area (Å²) < 4.78 is 0. The van der Waals surface area contributed by atoms with Crippen LogP contribution >= 0.6 is 0 Å². The summed E-state index contributed by atoms with van der Waals surface area (Å²) in [4.78, 5) is 29.3. The van der Waals surface area contributed by atoms with Crippen molar-refractivity contribution < 1.29 is 9.59 Å². The molecule has 1 saturated heterocycles. The fourth-order valence-electron chi connectivity index (χ4n) is 2.07. The average Bonchev–Trinajstić information content (AvgIpc) is 2.33. The van der Waals surface area contributed by atoms with Gasteiger partial charge in [-0.1, -0.05) is 6.07 Å². The Hall–Kier alpha value is -1.91. The lowest BCUT2D eigenvalue weighted by atomic mass is 10.00. The standard InChI is InChI=1S/C13H17N3O2/c1-13(2)12(18)16(9-11(17)15-13)7-5-10-4-3-6-14-8-10/h3-4,6,8H,5,7,9H2,1-2H3,(H,15,17). The molecule has 1 N–H and O–H groups in total. The van der Waals surface area contributed by atoms with Crippen molar-refractivity contribution in [3.8, 4) is 0 Å². The Balaban J connectivity index is 2.00. The molecule has 0 radical (unpaired) electrons. The van der Waals surface area contributed by atoms with Crippen molar-refractivity contribution in [3.05, 3.63) is 30.1 Å². The molecular formula is C13H17N3O2. The fraction of sp³-hybridized carbons (Fsp3) is 0.462. The number of nitrogens with zero attached hydrogens (tertiary/aromatic N) is 2. The van der Waals surface area contributed by atoms with Crippen LogP contribution in [0.1, 0.15) is 19.4 Å². The second-order valence-corrected chi connectivity index (χ2v) is 5.01. The quantitative estimate of drug-likeness (QED) is 0.839. The van der Waals surface area contributed by atoms with Crippen molar-refractivity contribution >= 4 is 11.8 Å². The Kier molecular flexibility index (Phi) is 3.32. The minimum Gasteiger partial charge on any atom is -0.341 e. The number of carbonyl (C=O) groups is 2. The number of piperazine rings is 1. The van der Waals surface area contributed by atoms with Gasteiger partial charge >= 0.3 is 0 Å². The maximum atomic E-state index is 12.1. The van der Waals surface area contributed by atoms with Crippen molar-refractivity contribution in [2.75, 3.05) is 13.1 Å². The highest BCUT2D eigenvalue weighted by Crippen LogP contribution is 2.13. The molecule has 2 rings (SSSR count). The van der Waals surface area contributed by atoms with Crippen molar-refractivity contribution in [2.45, 2.75) is 25.8 Å². The Morgan fingerprint density at radius 2 is 2.22 bits per heavy atom. The van der Waals surface area contributed by atoms with Crippen LogP contribution in [0.15, 0.2) is 24.5 Å². The summed E-state index contributed by atoms with van der Waals surface area (Å²) in [6.45, 7) is 4.14. The molecule has 1 aliphatic heterocycles. The van der Waals surface area contributed by atoms with Crippen molar-refractivity contribution in [1.29, 1.82) is 0 Å². The number of rotatable bonds is 3. The average molecular weight is 247 g/mol. The van der Waals surface area contributed by atoms with Gasteiger partial charge in [-0.05, 0) is 31.9 Å². The predicted octanol–water partition coefficient (Wildman–Crippen LogP) is 0.361. The molecular weight excluding hydrogens is 230 g/mol. The lowest BCUT2D eigenvalue weighted by Crippen LogP contribution is -2.64. The number of hydrogen-bond acceptors (Lipinski definition) is 3. The van der Waals surface area contributed by atoms with Crippen LogP contribution < -0.4 is 5.32 Å². The van der Waals surface area contributed by atoms with E-state index in [4.69, 9.17) is 0 Å². The van der Waals surface area contributed by atoms with Crippen LogP contribution in [0.2, 0.25) is 0 Å². The van der Waals surface area contributed by atoms with E-state index in [1.54, 1.807) is 31.1 Å². The van der Waals surface area contributed by atoms with Crippen LogP contribution in [0.3, 0.4) is 0 Å². The monoisotopic (exact) mass is 247 g/mol. The molecule has 1 aromatic rings. The molecule has 5 nitrogen and oxygen atoms in total. The Morgan fingerprint density at radius 1 is 1.44 bits per heavy atom. The highest BCUT2D eigenvalue weighted by atomic mass is 16.2. The van der Waals surface area contributed by atoms with Crippen LogP contribution in [-0.2, 0) is 16.0 Å². The molecule has 2 heterocycles. The molecule has 0 aromatic carbocycles. The Labute approximate surface area is 106 Å². The molecule has 1 aliphatic rings. The lowest BCUT2D eigenvalue weighted by molar-refractivity contribution is -0.148. The fourth-order valence-corrected chi connectivity index (χ4v) is 2.07.